The van der Waals surface area contributed by atoms with Crippen LogP contribution in [0.2, 0.25) is 0 Å². The highest BCUT2D eigenvalue weighted by molar-refractivity contribution is 5.92. The third kappa shape index (κ3) is 6.59. The quantitative estimate of drug-likeness (QED) is 0.718. The van der Waals surface area contributed by atoms with Crippen LogP contribution in [0.5, 0.6) is 0 Å². The van der Waals surface area contributed by atoms with Crippen molar-refractivity contribution in [2.24, 2.45) is 5.92 Å². The fourth-order valence-electron chi connectivity index (χ4n) is 2.89. The van der Waals surface area contributed by atoms with E-state index in [1.165, 1.54) is 0 Å². The molecule has 2 atom stereocenters. The molecule has 0 aromatic heterocycles. The number of benzene rings is 1. The number of ether oxygens (including phenoxy) is 2. The van der Waals surface area contributed by atoms with Crippen molar-refractivity contribution in [3.8, 4) is 0 Å². The average molecular weight is 334 g/mol. The molecule has 1 amide bonds. The zero-order valence-corrected chi connectivity index (χ0v) is 15.0. The summed E-state index contributed by atoms with van der Waals surface area (Å²) in [4.78, 5) is 12.4. The lowest BCUT2D eigenvalue weighted by molar-refractivity contribution is -0.120. The van der Waals surface area contributed by atoms with Crippen LogP contribution in [0.15, 0.2) is 24.3 Å². The van der Waals surface area contributed by atoms with Crippen LogP contribution in [0.4, 0.5) is 5.69 Å². The average Bonchev–Trinajstić information content (AvgIpc) is 2.54. The van der Waals surface area contributed by atoms with Crippen molar-refractivity contribution in [2.45, 2.75) is 52.4 Å². The molecule has 0 spiro atoms. The third-order valence-corrected chi connectivity index (χ3v) is 4.14. The molecule has 134 valence electrons. The Hall–Kier alpha value is -1.43. The van der Waals surface area contributed by atoms with Gasteiger partial charge in [0.05, 0.1) is 25.9 Å². The van der Waals surface area contributed by atoms with E-state index in [-0.39, 0.29) is 17.9 Å². The third-order valence-electron chi connectivity index (χ3n) is 4.14. The van der Waals surface area contributed by atoms with Gasteiger partial charge in [-0.15, -0.1) is 0 Å². The summed E-state index contributed by atoms with van der Waals surface area (Å²) >= 11 is 0. The van der Waals surface area contributed by atoms with Crippen molar-refractivity contribution in [1.29, 1.82) is 0 Å². The van der Waals surface area contributed by atoms with Gasteiger partial charge in [0.2, 0.25) is 5.91 Å². The van der Waals surface area contributed by atoms with E-state index in [2.05, 4.69) is 17.6 Å². The van der Waals surface area contributed by atoms with Crippen LogP contribution >= 0.6 is 0 Å². The number of carbonyl (C=O) groups excluding carboxylic acids is 1. The Labute approximate surface area is 145 Å². The predicted molar refractivity (Wildman–Crippen MR) is 96.0 cm³/mol. The summed E-state index contributed by atoms with van der Waals surface area (Å²) in [6, 6.07) is 8.26. The number of piperidine rings is 1. The van der Waals surface area contributed by atoms with Crippen molar-refractivity contribution in [3.63, 3.8) is 0 Å². The first-order valence-electron chi connectivity index (χ1n) is 8.87. The highest BCUT2D eigenvalue weighted by Crippen LogP contribution is 2.19. The second-order valence-electron chi connectivity index (χ2n) is 6.74. The van der Waals surface area contributed by atoms with Crippen molar-refractivity contribution in [1.82, 2.24) is 5.32 Å². The molecule has 0 aliphatic carbocycles. The Morgan fingerprint density at radius 2 is 2.21 bits per heavy atom. The molecule has 2 rings (SSSR count). The lowest BCUT2D eigenvalue weighted by Gasteiger charge is -2.27. The Morgan fingerprint density at radius 3 is 2.96 bits per heavy atom. The Kier molecular flexibility index (Phi) is 7.69. The lowest BCUT2D eigenvalue weighted by atomic mass is 9.92. The van der Waals surface area contributed by atoms with Gasteiger partial charge in [0.1, 0.15) is 0 Å². The molecule has 1 heterocycles. The summed E-state index contributed by atoms with van der Waals surface area (Å²) in [6.45, 7) is 8.75. The Morgan fingerprint density at radius 1 is 1.38 bits per heavy atom. The Bertz CT molecular complexity index is 519. The van der Waals surface area contributed by atoms with Gasteiger partial charge < -0.3 is 20.1 Å². The molecular formula is C19H30N2O3. The molecule has 0 unspecified atom stereocenters. The summed E-state index contributed by atoms with van der Waals surface area (Å²) in [5.41, 5.74) is 1.89. The highest BCUT2D eigenvalue weighted by atomic mass is 16.5. The molecule has 1 aliphatic heterocycles. The monoisotopic (exact) mass is 334 g/mol. The normalized spacial score (nSPS) is 21.0. The second-order valence-corrected chi connectivity index (χ2v) is 6.74. The molecule has 1 aromatic rings. The number of rotatable bonds is 8. The van der Waals surface area contributed by atoms with Crippen molar-refractivity contribution in [3.05, 3.63) is 29.8 Å². The van der Waals surface area contributed by atoms with Gasteiger partial charge in [0.25, 0.3) is 0 Å². The summed E-state index contributed by atoms with van der Waals surface area (Å²) in [5.74, 6) is 0.209. The predicted octanol–water partition coefficient (Wildman–Crippen LogP) is 2.95. The lowest BCUT2D eigenvalue weighted by Crippen LogP contribution is -2.40. The van der Waals surface area contributed by atoms with Gasteiger partial charge in [-0.3, -0.25) is 4.79 Å². The van der Waals surface area contributed by atoms with E-state index < -0.39 is 0 Å². The molecule has 1 aliphatic rings. The van der Waals surface area contributed by atoms with E-state index in [0.29, 0.717) is 25.9 Å². The first-order valence-corrected chi connectivity index (χ1v) is 8.87. The standard InChI is InChI=1S/C19H30N2O3/c1-14(2)24-10-9-23-13-16-5-4-6-18(12-16)21-19(22)17-7-8-20-15(3)11-17/h4-6,12,14-15,17,20H,7-11,13H2,1-3H3,(H,21,22)/t15-,17-/m0/s1. The first-order chi connectivity index (χ1) is 11.5. The molecule has 5 heteroatoms. The van der Waals surface area contributed by atoms with Crippen LogP contribution in [0.25, 0.3) is 0 Å². The minimum Gasteiger partial charge on any atom is -0.376 e. The molecule has 2 N–H and O–H groups in total. The number of nitrogens with one attached hydrogen (secondary N) is 2. The highest BCUT2D eigenvalue weighted by Gasteiger charge is 2.24. The maximum absolute atomic E-state index is 12.4. The molecule has 0 saturated carbocycles. The van der Waals surface area contributed by atoms with Crippen molar-refractivity contribution in [2.75, 3.05) is 25.1 Å². The van der Waals surface area contributed by atoms with E-state index in [0.717, 1.165) is 30.6 Å². The number of amides is 1. The zero-order valence-electron chi connectivity index (χ0n) is 15.0. The molecule has 5 nitrogen and oxygen atoms in total. The topological polar surface area (TPSA) is 59.6 Å². The molecule has 1 fully saturated rings. The van der Waals surface area contributed by atoms with Crippen LogP contribution in [0.3, 0.4) is 0 Å². The van der Waals surface area contributed by atoms with Gasteiger partial charge in [0, 0.05) is 17.6 Å². The molecule has 1 aromatic carbocycles. The summed E-state index contributed by atoms with van der Waals surface area (Å²) < 4.78 is 11.1. The van der Waals surface area contributed by atoms with E-state index in [1.807, 2.05) is 38.1 Å². The maximum atomic E-state index is 12.4. The van der Waals surface area contributed by atoms with E-state index in [1.54, 1.807) is 0 Å². The molecule has 1 saturated heterocycles. The summed E-state index contributed by atoms with van der Waals surface area (Å²) in [6.07, 6.45) is 2.02. The van der Waals surface area contributed by atoms with Crippen LogP contribution in [0, 0.1) is 5.92 Å². The largest absolute Gasteiger partial charge is 0.376 e. The molecular weight excluding hydrogens is 304 g/mol. The number of hydrogen-bond donors (Lipinski definition) is 2. The van der Waals surface area contributed by atoms with Gasteiger partial charge in [-0.2, -0.15) is 0 Å². The van der Waals surface area contributed by atoms with Crippen LogP contribution in [0.1, 0.15) is 39.2 Å². The van der Waals surface area contributed by atoms with Gasteiger partial charge in [-0.25, -0.2) is 0 Å². The number of carbonyl (C=O) groups is 1. The smallest absolute Gasteiger partial charge is 0.227 e. The fraction of sp³-hybridized carbons (Fsp3) is 0.632. The molecule has 24 heavy (non-hydrogen) atoms. The maximum Gasteiger partial charge on any atom is 0.227 e. The van der Waals surface area contributed by atoms with Gasteiger partial charge in [0.15, 0.2) is 0 Å². The van der Waals surface area contributed by atoms with E-state index >= 15 is 0 Å². The number of anilines is 1. The Balaban J connectivity index is 1.78. The van der Waals surface area contributed by atoms with Crippen molar-refractivity contribution >= 4 is 11.6 Å². The van der Waals surface area contributed by atoms with Crippen molar-refractivity contribution < 1.29 is 14.3 Å². The zero-order chi connectivity index (χ0) is 17.4. The van der Waals surface area contributed by atoms with Crippen LogP contribution in [-0.4, -0.2) is 37.8 Å². The SMILES string of the molecule is CC(C)OCCOCc1cccc(NC(=O)[C@H]2CCN[C@@H](C)C2)c1. The summed E-state index contributed by atoms with van der Waals surface area (Å²) in [5, 5.41) is 6.42. The minimum absolute atomic E-state index is 0.0920. The fourth-order valence-corrected chi connectivity index (χ4v) is 2.89. The van der Waals surface area contributed by atoms with E-state index in [4.69, 9.17) is 9.47 Å². The van der Waals surface area contributed by atoms with Gasteiger partial charge >= 0.3 is 0 Å². The molecule has 0 bridgehead atoms. The van der Waals surface area contributed by atoms with E-state index in [9.17, 15) is 4.79 Å². The second kappa shape index (κ2) is 9.77. The molecule has 0 radical (unpaired) electrons. The van der Waals surface area contributed by atoms with Crippen LogP contribution in [-0.2, 0) is 20.9 Å². The van der Waals surface area contributed by atoms with Gasteiger partial charge in [-0.1, -0.05) is 12.1 Å². The summed E-state index contributed by atoms with van der Waals surface area (Å²) in [7, 11) is 0. The minimum atomic E-state index is 0.0920. The first kappa shape index (κ1) is 18.9. The number of hydrogen-bond acceptors (Lipinski definition) is 4. The van der Waals surface area contributed by atoms with Gasteiger partial charge in [-0.05, 0) is 57.9 Å². The van der Waals surface area contributed by atoms with Crippen LogP contribution < -0.4 is 10.6 Å².